The van der Waals surface area contributed by atoms with E-state index in [2.05, 4.69) is 37.5 Å². The van der Waals surface area contributed by atoms with E-state index in [1.165, 1.54) is 29.2 Å². The lowest BCUT2D eigenvalue weighted by Gasteiger charge is -2.31. The van der Waals surface area contributed by atoms with Gasteiger partial charge in [0.25, 0.3) is 11.4 Å². The molecule has 0 radical (unpaired) electrons. The van der Waals surface area contributed by atoms with E-state index >= 15 is 0 Å². The number of hydrogen-bond acceptors (Lipinski definition) is 11. The van der Waals surface area contributed by atoms with E-state index in [-0.39, 0.29) is 33.7 Å². The molecule has 0 aromatic heterocycles. The third-order valence-electron chi connectivity index (χ3n) is 7.44. The minimum absolute atomic E-state index is 0. The molecule has 2 amide bonds. The third kappa shape index (κ3) is 13.4. The Bertz CT molecular complexity index is 1700. The third-order valence-corrected chi connectivity index (χ3v) is 8.33. The van der Waals surface area contributed by atoms with Crippen molar-refractivity contribution in [2.75, 3.05) is 55.0 Å². The number of anilines is 3. The van der Waals surface area contributed by atoms with Crippen LogP contribution in [0.3, 0.4) is 0 Å². The first-order valence-electron chi connectivity index (χ1n) is 15.7. The summed E-state index contributed by atoms with van der Waals surface area (Å²) in [5.41, 5.74) is 11.2. The molecule has 52 heavy (non-hydrogen) atoms. The average molecular weight is 792 g/mol. The number of nitrogens with zero attached hydrogens (tertiary/aromatic N) is 4. The van der Waals surface area contributed by atoms with Crippen LogP contribution in [0.5, 0.6) is 0 Å². The van der Waals surface area contributed by atoms with Crippen LogP contribution in [-0.4, -0.2) is 61.5 Å². The van der Waals surface area contributed by atoms with Crippen LogP contribution in [0.25, 0.3) is 0 Å². The summed E-state index contributed by atoms with van der Waals surface area (Å²) in [5.74, 6) is 0.731. The van der Waals surface area contributed by atoms with Crippen LogP contribution in [0, 0.1) is 41.0 Å². The first kappa shape index (κ1) is 44.6. The lowest BCUT2D eigenvalue weighted by molar-refractivity contribution is -0.385. The molecular weight excluding hydrogens is 740 g/mol. The molecule has 3 aliphatic heterocycles. The van der Waals surface area contributed by atoms with Gasteiger partial charge in [-0.05, 0) is 93.6 Å². The molecule has 3 saturated heterocycles. The number of ether oxygens (including phenoxy) is 3. The van der Waals surface area contributed by atoms with Crippen molar-refractivity contribution in [3.05, 3.63) is 108 Å². The van der Waals surface area contributed by atoms with Crippen LogP contribution >= 0.6 is 15.9 Å². The molecule has 3 aliphatic rings. The predicted molar refractivity (Wildman–Crippen MR) is 209 cm³/mol. The second-order valence-electron chi connectivity index (χ2n) is 11.2. The molecule has 286 valence electrons. The van der Waals surface area contributed by atoms with Crippen molar-refractivity contribution in [3.8, 4) is 0 Å². The van der Waals surface area contributed by atoms with E-state index < -0.39 is 15.9 Å². The summed E-state index contributed by atoms with van der Waals surface area (Å²) < 4.78 is 15.8. The van der Waals surface area contributed by atoms with Gasteiger partial charge in [0, 0.05) is 61.2 Å². The molecule has 3 aromatic rings. The molecule has 3 heterocycles. The number of aryl methyl sites for hydroxylation is 3. The molecule has 0 unspecified atom stereocenters. The zero-order valence-electron chi connectivity index (χ0n) is 28.2. The van der Waals surface area contributed by atoms with Crippen molar-refractivity contribution in [1.29, 1.82) is 0 Å². The van der Waals surface area contributed by atoms with Gasteiger partial charge in [-0.3, -0.25) is 25.1 Å². The monoisotopic (exact) mass is 790 g/mol. The van der Waals surface area contributed by atoms with Crippen molar-refractivity contribution >= 4 is 56.6 Å². The Hall–Kier alpha value is -5.38. The number of amides is 2. The highest BCUT2D eigenvalue weighted by molar-refractivity contribution is 9.10. The van der Waals surface area contributed by atoms with Crippen molar-refractivity contribution in [2.45, 2.75) is 54.9 Å². The Kier molecular flexibility index (Phi) is 18.7. The number of halogens is 1. The molecule has 0 spiro atoms. The van der Waals surface area contributed by atoms with Crippen molar-refractivity contribution in [3.63, 3.8) is 0 Å². The second-order valence-corrected chi connectivity index (χ2v) is 12.1. The quantitative estimate of drug-likeness (QED) is 0.146. The lowest BCUT2D eigenvalue weighted by Crippen LogP contribution is -2.38. The number of nitro benzene ring substituents is 2. The fourth-order valence-corrected chi connectivity index (χ4v) is 5.15. The second kappa shape index (κ2) is 21.8. The Morgan fingerprint density at radius 2 is 1.29 bits per heavy atom. The molecule has 0 saturated carbocycles. The minimum atomic E-state index is -0.453. The molecule has 3 N–H and O–H groups in total. The maximum absolute atomic E-state index is 11.5. The number of nitrogens with one attached hydrogen (secondary N) is 1. The topological polar surface area (TPSA) is 193 Å². The van der Waals surface area contributed by atoms with Gasteiger partial charge in [0.2, 0.25) is 0 Å². The van der Waals surface area contributed by atoms with Gasteiger partial charge in [-0.25, -0.2) is 9.59 Å². The highest BCUT2D eigenvalue weighted by Crippen LogP contribution is 2.28. The van der Waals surface area contributed by atoms with E-state index in [1.54, 1.807) is 19.1 Å². The molecule has 0 bridgehead atoms. The summed E-state index contributed by atoms with van der Waals surface area (Å²) >= 11 is 3.26. The Balaban J connectivity index is 0.000000694. The Morgan fingerprint density at radius 3 is 1.77 bits per heavy atom. The average Bonchev–Trinajstić information content (AvgIpc) is 3.08. The number of cyclic esters (lactones) is 2. The smallest absolute Gasteiger partial charge is 0.414 e. The van der Waals surface area contributed by atoms with Crippen LogP contribution in [0.15, 0.2) is 71.5 Å². The van der Waals surface area contributed by atoms with Gasteiger partial charge in [0.05, 0.1) is 35.4 Å². The number of nitro groups is 2. The van der Waals surface area contributed by atoms with Crippen LogP contribution in [0.1, 0.15) is 52.2 Å². The molecule has 16 heteroatoms. The number of carbonyl (C=O) groups excluding carboxylic acids is 2. The summed E-state index contributed by atoms with van der Waals surface area (Å²) in [6.07, 6.45) is 2.05. The highest BCUT2D eigenvalue weighted by Gasteiger charge is 2.23. The Labute approximate surface area is 314 Å². The summed E-state index contributed by atoms with van der Waals surface area (Å²) in [6, 6.07) is 15.0. The molecule has 6 rings (SSSR count). The van der Waals surface area contributed by atoms with Gasteiger partial charge in [0.15, 0.2) is 5.88 Å². The van der Waals surface area contributed by atoms with Gasteiger partial charge in [-0.1, -0.05) is 30.8 Å². The number of carbonyl (C=O) groups is 2. The van der Waals surface area contributed by atoms with Gasteiger partial charge < -0.3 is 30.2 Å². The summed E-state index contributed by atoms with van der Waals surface area (Å²) in [5, 5.41) is 23.4. The van der Waals surface area contributed by atoms with Gasteiger partial charge >= 0.3 is 12.2 Å². The minimum Gasteiger partial charge on any atom is -0.479 e. The normalized spacial score (nSPS) is 14.6. The zero-order chi connectivity index (χ0) is 36.8. The van der Waals surface area contributed by atoms with Crippen LogP contribution in [0.2, 0.25) is 0 Å². The molecular formula is C36H51BrN6O9. The maximum Gasteiger partial charge on any atom is 0.414 e. The fourth-order valence-electron chi connectivity index (χ4n) is 4.90. The number of nitrogen functional groups attached to an aromatic ring is 1. The number of rotatable bonds is 4. The van der Waals surface area contributed by atoms with E-state index in [0.29, 0.717) is 31.0 Å². The molecule has 0 aliphatic carbocycles. The number of non-ortho nitro benzene ring substituents is 2. The van der Waals surface area contributed by atoms with Gasteiger partial charge in [0.1, 0.15) is 0 Å². The van der Waals surface area contributed by atoms with E-state index in [4.69, 9.17) is 15.2 Å². The van der Waals surface area contributed by atoms with E-state index in [9.17, 15) is 29.8 Å². The van der Waals surface area contributed by atoms with Crippen molar-refractivity contribution < 1.29 is 35.1 Å². The number of alkyl carbamates (subject to hydrolysis) is 1. The van der Waals surface area contributed by atoms with Crippen LogP contribution in [-0.2, 0) is 14.2 Å². The van der Waals surface area contributed by atoms with E-state index in [1.807, 2.05) is 32.0 Å². The SMILES string of the molecule is C.C.C=C1OCCCN1c1ccc(N)cc1C.Cc1cc([N+](=O)[O-])ccc1Br.Cc1cc([N+](=O)[O-])ccc1N1CCCOC1=O.O=C1NCCCO1.[HH]. The zero-order valence-corrected chi connectivity index (χ0v) is 29.8. The Morgan fingerprint density at radius 1 is 0.769 bits per heavy atom. The van der Waals surface area contributed by atoms with Crippen molar-refractivity contribution in [2.24, 2.45) is 0 Å². The van der Waals surface area contributed by atoms with Gasteiger partial charge in [-0.2, -0.15) is 0 Å². The number of hydrogen-bond donors (Lipinski definition) is 2. The summed E-state index contributed by atoms with van der Waals surface area (Å²) in [6.45, 7) is 13.6. The van der Waals surface area contributed by atoms with Crippen LogP contribution < -0.4 is 20.9 Å². The number of nitrogens with two attached hydrogens (primary N) is 1. The molecule has 0 atom stereocenters. The first-order valence-corrected chi connectivity index (χ1v) is 16.5. The lowest BCUT2D eigenvalue weighted by atomic mass is 10.1. The fraction of sp³-hybridized carbons (Fsp3) is 0.389. The van der Waals surface area contributed by atoms with E-state index in [0.717, 1.165) is 71.8 Å². The van der Waals surface area contributed by atoms with Crippen molar-refractivity contribution in [1.82, 2.24) is 5.32 Å². The highest BCUT2D eigenvalue weighted by atomic mass is 79.9. The molecule has 15 nitrogen and oxygen atoms in total. The first-order chi connectivity index (χ1) is 23.8. The standard InChI is InChI=1S/C12H16N2O.C11H12N2O4.C7H6BrNO2.C4H7NO2.2CH4.H2/c1-9-8-11(13)4-5-12(9)14-6-3-7-15-10(14)2;1-8-7-9(13(15)16)3-4-10(8)12-5-2-6-17-11(12)14;1-5-4-6(9(10)11)2-3-7(5)8;6-4-5-2-1-3-7-4;;;/h4-5,8H,2-3,6-7,13H2,1H3;3-4,7H,2,5-6H2,1H3;2-4H,1H3;1-3H2,(H,5,6);2*1H4;1H. The molecule has 3 fully saturated rings. The summed E-state index contributed by atoms with van der Waals surface area (Å²) in [4.78, 5) is 45.3. The number of benzene rings is 3. The molecule has 3 aromatic carbocycles. The predicted octanol–water partition coefficient (Wildman–Crippen LogP) is 8.83. The summed E-state index contributed by atoms with van der Waals surface area (Å²) in [7, 11) is 0. The maximum atomic E-state index is 11.5. The van der Waals surface area contributed by atoms with Gasteiger partial charge in [-0.15, -0.1) is 0 Å². The largest absolute Gasteiger partial charge is 0.479 e. The van der Waals surface area contributed by atoms with Crippen LogP contribution in [0.4, 0.5) is 38.0 Å².